The Bertz CT molecular complexity index is 606. The van der Waals surface area contributed by atoms with Gasteiger partial charge in [-0.1, -0.05) is 12.1 Å². The molecule has 0 N–H and O–H groups in total. The lowest BCUT2D eigenvalue weighted by Gasteiger charge is -2.35. The van der Waals surface area contributed by atoms with Crippen molar-refractivity contribution in [1.82, 2.24) is 9.80 Å². The first-order valence-corrected chi connectivity index (χ1v) is 10.7. The van der Waals surface area contributed by atoms with Crippen molar-refractivity contribution in [2.75, 3.05) is 45.6 Å². The highest BCUT2D eigenvalue weighted by atomic mass is 32.2. The smallest absolute Gasteiger partial charge is 0.223 e. The van der Waals surface area contributed by atoms with Crippen molar-refractivity contribution >= 4 is 23.5 Å². The summed E-state index contributed by atoms with van der Waals surface area (Å²) in [4.78, 5) is 30.1. The largest absolute Gasteiger partial charge is 0.377 e. The highest BCUT2D eigenvalue weighted by Crippen LogP contribution is 2.17. The number of nitrogens with zero attached hydrogens (tertiary/aromatic N) is 2. The fourth-order valence-corrected chi connectivity index (χ4v) is 3.96. The standard InChI is InChI=1S/C20H28N2O3S/c1-26-18-6-4-16(5-7-18)19(23)8-9-20(24)22-12-10-21(11-13-22)15-17-3-2-14-25-17/h4-7,17H,2-3,8-15H2,1H3. The molecule has 5 nitrogen and oxygen atoms in total. The van der Waals surface area contributed by atoms with E-state index in [2.05, 4.69) is 4.90 Å². The van der Waals surface area contributed by atoms with Crippen LogP contribution in [0.1, 0.15) is 36.0 Å². The van der Waals surface area contributed by atoms with E-state index in [1.165, 1.54) is 0 Å². The highest BCUT2D eigenvalue weighted by molar-refractivity contribution is 7.98. The van der Waals surface area contributed by atoms with Gasteiger partial charge < -0.3 is 9.64 Å². The van der Waals surface area contributed by atoms with Crippen molar-refractivity contribution in [2.24, 2.45) is 0 Å². The van der Waals surface area contributed by atoms with Gasteiger partial charge in [-0.25, -0.2) is 0 Å². The first-order chi connectivity index (χ1) is 12.7. The van der Waals surface area contributed by atoms with Gasteiger partial charge >= 0.3 is 0 Å². The molecule has 0 aliphatic carbocycles. The fraction of sp³-hybridized carbons (Fsp3) is 0.600. The van der Waals surface area contributed by atoms with Crippen molar-refractivity contribution < 1.29 is 14.3 Å². The predicted molar refractivity (Wildman–Crippen MR) is 104 cm³/mol. The molecule has 2 aliphatic heterocycles. The second kappa shape index (κ2) is 9.53. The van der Waals surface area contributed by atoms with Gasteiger partial charge in [0.05, 0.1) is 6.10 Å². The number of ketones is 1. The van der Waals surface area contributed by atoms with Crippen LogP contribution in [0.25, 0.3) is 0 Å². The maximum Gasteiger partial charge on any atom is 0.223 e. The minimum Gasteiger partial charge on any atom is -0.377 e. The normalized spacial score (nSPS) is 21.1. The zero-order chi connectivity index (χ0) is 18.4. The van der Waals surface area contributed by atoms with Crippen LogP contribution in [0.15, 0.2) is 29.2 Å². The topological polar surface area (TPSA) is 49.9 Å². The number of thioether (sulfide) groups is 1. The van der Waals surface area contributed by atoms with Gasteiger partial charge in [0.25, 0.3) is 0 Å². The molecule has 1 aromatic rings. The highest BCUT2D eigenvalue weighted by Gasteiger charge is 2.25. The molecule has 3 rings (SSSR count). The fourth-order valence-electron chi connectivity index (χ4n) is 3.56. The third kappa shape index (κ3) is 5.32. The zero-order valence-corrected chi connectivity index (χ0v) is 16.3. The van der Waals surface area contributed by atoms with Gasteiger partial charge in [-0.05, 0) is 31.2 Å². The molecule has 2 heterocycles. The van der Waals surface area contributed by atoms with Crippen LogP contribution in [0.3, 0.4) is 0 Å². The molecule has 1 atom stereocenters. The summed E-state index contributed by atoms with van der Waals surface area (Å²) >= 11 is 1.65. The van der Waals surface area contributed by atoms with Gasteiger partial charge in [0, 0.05) is 62.6 Å². The number of Topliss-reactive ketones (excluding diaryl/α,β-unsaturated/α-hetero) is 1. The van der Waals surface area contributed by atoms with Crippen LogP contribution in [0, 0.1) is 0 Å². The van der Waals surface area contributed by atoms with Gasteiger partial charge in [-0.2, -0.15) is 0 Å². The monoisotopic (exact) mass is 376 g/mol. The van der Waals surface area contributed by atoms with Crippen LogP contribution in [0.5, 0.6) is 0 Å². The molecule has 26 heavy (non-hydrogen) atoms. The summed E-state index contributed by atoms with van der Waals surface area (Å²) in [5, 5.41) is 0. The third-order valence-electron chi connectivity index (χ3n) is 5.19. The number of carbonyl (C=O) groups is 2. The summed E-state index contributed by atoms with van der Waals surface area (Å²) < 4.78 is 5.69. The van der Waals surface area contributed by atoms with Crippen LogP contribution >= 0.6 is 11.8 Å². The number of piperazine rings is 1. The lowest BCUT2D eigenvalue weighted by molar-refractivity contribution is -0.133. The molecule has 2 fully saturated rings. The van der Waals surface area contributed by atoms with Gasteiger partial charge in [-0.15, -0.1) is 11.8 Å². The number of rotatable bonds is 7. The van der Waals surface area contributed by atoms with Crippen molar-refractivity contribution in [3.8, 4) is 0 Å². The minimum absolute atomic E-state index is 0.0445. The van der Waals surface area contributed by atoms with Crippen molar-refractivity contribution in [1.29, 1.82) is 0 Å². The third-order valence-corrected chi connectivity index (χ3v) is 5.93. The van der Waals surface area contributed by atoms with E-state index in [0.29, 0.717) is 18.1 Å². The zero-order valence-electron chi connectivity index (χ0n) is 15.5. The molecule has 0 spiro atoms. The van der Waals surface area contributed by atoms with Crippen LogP contribution in [0.2, 0.25) is 0 Å². The van der Waals surface area contributed by atoms with Crippen LogP contribution in [-0.4, -0.2) is 73.2 Å². The molecule has 2 saturated heterocycles. The molecule has 0 aromatic heterocycles. The molecule has 142 valence electrons. The molecule has 1 unspecified atom stereocenters. The molecular weight excluding hydrogens is 348 g/mol. The number of amides is 1. The SMILES string of the molecule is CSc1ccc(C(=O)CCC(=O)N2CCN(CC3CCCO3)CC2)cc1. The first kappa shape index (κ1) is 19.4. The Morgan fingerprint density at radius 1 is 1.12 bits per heavy atom. The minimum atomic E-state index is 0.0445. The molecule has 1 aromatic carbocycles. The van der Waals surface area contributed by atoms with E-state index < -0.39 is 0 Å². The van der Waals surface area contributed by atoms with E-state index >= 15 is 0 Å². The Morgan fingerprint density at radius 3 is 2.46 bits per heavy atom. The summed E-state index contributed by atoms with van der Waals surface area (Å²) in [5.41, 5.74) is 0.692. The number of ether oxygens (including phenoxy) is 1. The molecule has 0 bridgehead atoms. The lowest BCUT2D eigenvalue weighted by Crippen LogP contribution is -2.50. The second-order valence-electron chi connectivity index (χ2n) is 6.97. The average Bonchev–Trinajstić information content (AvgIpc) is 3.19. The van der Waals surface area contributed by atoms with E-state index in [4.69, 9.17) is 4.74 Å². The van der Waals surface area contributed by atoms with Gasteiger partial charge in [0.2, 0.25) is 5.91 Å². The summed E-state index contributed by atoms with van der Waals surface area (Å²) in [6, 6.07) is 7.60. The first-order valence-electron chi connectivity index (χ1n) is 9.44. The number of benzene rings is 1. The Hall–Kier alpha value is -1.37. The van der Waals surface area contributed by atoms with Gasteiger partial charge in [-0.3, -0.25) is 14.5 Å². The Labute approximate surface area is 160 Å². The van der Waals surface area contributed by atoms with Gasteiger partial charge in [0.15, 0.2) is 5.78 Å². The summed E-state index contributed by atoms with van der Waals surface area (Å²) in [5.74, 6) is 0.138. The van der Waals surface area contributed by atoms with Crippen LogP contribution in [-0.2, 0) is 9.53 Å². The van der Waals surface area contributed by atoms with Crippen molar-refractivity contribution in [2.45, 2.75) is 36.7 Å². The van der Waals surface area contributed by atoms with E-state index in [9.17, 15) is 9.59 Å². The Morgan fingerprint density at radius 2 is 1.85 bits per heavy atom. The van der Waals surface area contributed by atoms with E-state index in [0.717, 1.165) is 57.1 Å². The molecule has 1 amide bonds. The van der Waals surface area contributed by atoms with Gasteiger partial charge in [0.1, 0.15) is 0 Å². The number of hydrogen-bond acceptors (Lipinski definition) is 5. The van der Waals surface area contributed by atoms with Crippen molar-refractivity contribution in [3.05, 3.63) is 29.8 Å². The van der Waals surface area contributed by atoms with E-state index in [1.807, 2.05) is 35.4 Å². The van der Waals surface area contributed by atoms with E-state index in [-0.39, 0.29) is 18.1 Å². The molecule has 0 saturated carbocycles. The summed E-state index contributed by atoms with van der Waals surface area (Å²) in [6.07, 6.45) is 5.28. The van der Waals surface area contributed by atoms with E-state index in [1.54, 1.807) is 11.8 Å². The molecule has 0 radical (unpaired) electrons. The predicted octanol–water partition coefficient (Wildman–Crippen LogP) is 2.69. The van der Waals surface area contributed by atoms with Crippen LogP contribution in [0.4, 0.5) is 0 Å². The average molecular weight is 377 g/mol. The summed E-state index contributed by atoms with van der Waals surface area (Å²) in [7, 11) is 0. The Kier molecular flexibility index (Phi) is 7.11. The number of hydrogen-bond donors (Lipinski definition) is 0. The lowest BCUT2D eigenvalue weighted by atomic mass is 10.1. The number of carbonyl (C=O) groups excluding carboxylic acids is 2. The summed E-state index contributed by atoms with van der Waals surface area (Å²) in [6.45, 7) is 5.17. The molecular formula is C20H28N2O3S. The molecule has 6 heteroatoms. The molecule has 2 aliphatic rings. The Balaban J connectivity index is 1.38. The van der Waals surface area contributed by atoms with Crippen LogP contribution < -0.4 is 0 Å². The maximum absolute atomic E-state index is 12.4. The quantitative estimate of drug-likeness (QED) is 0.541. The van der Waals surface area contributed by atoms with Crippen molar-refractivity contribution in [3.63, 3.8) is 0 Å². The second-order valence-corrected chi connectivity index (χ2v) is 7.85. The maximum atomic E-state index is 12.4.